The summed E-state index contributed by atoms with van der Waals surface area (Å²) in [6, 6.07) is 7.18. The van der Waals surface area contributed by atoms with E-state index in [0.717, 1.165) is 16.9 Å². The summed E-state index contributed by atoms with van der Waals surface area (Å²) in [5.74, 6) is 2.36. The van der Waals surface area contributed by atoms with E-state index >= 15 is 0 Å². The summed E-state index contributed by atoms with van der Waals surface area (Å²) < 4.78 is 18.1. The Balaban J connectivity index is 1.54. The molecule has 128 valence electrons. The summed E-state index contributed by atoms with van der Waals surface area (Å²) in [7, 11) is 0. The molecule has 0 aliphatic carbocycles. The van der Waals surface area contributed by atoms with Crippen LogP contribution in [0, 0.1) is 6.92 Å². The molecule has 1 aromatic carbocycles. The van der Waals surface area contributed by atoms with E-state index in [4.69, 9.17) is 13.9 Å². The molecule has 8 heteroatoms. The summed E-state index contributed by atoms with van der Waals surface area (Å²) in [5, 5.41) is 3.88. The van der Waals surface area contributed by atoms with Gasteiger partial charge in [0.15, 0.2) is 11.5 Å². The lowest BCUT2D eigenvalue weighted by Crippen LogP contribution is -2.23. The van der Waals surface area contributed by atoms with Crippen molar-refractivity contribution in [2.75, 3.05) is 13.2 Å². The third kappa shape index (κ3) is 3.06. The first-order valence-electron chi connectivity index (χ1n) is 7.82. The molecule has 1 aliphatic rings. The summed E-state index contributed by atoms with van der Waals surface area (Å²) in [4.78, 5) is 16.7. The van der Waals surface area contributed by atoms with Gasteiger partial charge in [-0.2, -0.15) is 5.10 Å². The number of ether oxygens (including phenoxy) is 2. The molecule has 8 nitrogen and oxygen atoms in total. The number of fused-ring (bicyclic) bond motifs is 2. The number of aromatic nitrogens is 2. The summed E-state index contributed by atoms with van der Waals surface area (Å²) >= 11 is 0. The standard InChI is InChI=1S/C17H16N4O4/c1-11-19-13-7-15-16(25-6-5-24-15)8-14(13)21(11)10-17(22)20-18-9-12-3-2-4-23-12/h2-4,7-9H,5-6,10H2,1H3,(H,20,22). The van der Waals surface area contributed by atoms with E-state index in [0.29, 0.717) is 30.5 Å². The molecule has 0 saturated heterocycles. The molecule has 0 saturated carbocycles. The number of nitrogens with one attached hydrogen (secondary N) is 1. The number of furan rings is 1. The highest BCUT2D eigenvalue weighted by atomic mass is 16.6. The van der Waals surface area contributed by atoms with Crippen LogP contribution in [0.3, 0.4) is 0 Å². The fraction of sp³-hybridized carbons (Fsp3) is 0.235. The molecular weight excluding hydrogens is 324 g/mol. The van der Waals surface area contributed by atoms with Gasteiger partial charge in [0, 0.05) is 12.1 Å². The zero-order valence-electron chi connectivity index (χ0n) is 13.6. The predicted molar refractivity (Wildman–Crippen MR) is 89.9 cm³/mol. The van der Waals surface area contributed by atoms with Crippen molar-refractivity contribution in [3.63, 3.8) is 0 Å². The SMILES string of the molecule is Cc1nc2cc3c(cc2n1CC(=O)NN=Cc1ccco1)OCCO3. The number of hydrogen-bond acceptors (Lipinski definition) is 6. The molecular formula is C17H16N4O4. The number of nitrogens with zero attached hydrogens (tertiary/aromatic N) is 3. The highest BCUT2D eigenvalue weighted by Gasteiger charge is 2.17. The maximum absolute atomic E-state index is 12.2. The fourth-order valence-corrected chi connectivity index (χ4v) is 2.69. The number of carbonyl (C=O) groups excluding carboxylic acids is 1. The maximum Gasteiger partial charge on any atom is 0.260 e. The highest BCUT2D eigenvalue weighted by molar-refractivity contribution is 5.84. The number of rotatable bonds is 4. The van der Waals surface area contributed by atoms with E-state index in [9.17, 15) is 4.79 Å². The van der Waals surface area contributed by atoms with Gasteiger partial charge in [-0.25, -0.2) is 10.4 Å². The number of carbonyl (C=O) groups is 1. The summed E-state index contributed by atoms with van der Waals surface area (Å²) in [6.07, 6.45) is 2.98. The van der Waals surface area contributed by atoms with Crippen molar-refractivity contribution in [1.29, 1.82) is 0 Å². The Hall–Kier alpha value is -3.29. The van der Waals surface area contributed by atoms with Crippen molar-refractivity contribution in [3.05, 3.63) is 42.1 Å². The second-order valence-electron chi connectivity index (χ2n) is 5.54. The lowest BCUT2D eigenvalue weighted by molar-refractivity contribution is -0.121. The van der Waals surface area contributed by atoms with E-state index in [-0.39, 0.29) is 12.5 Å². The minimum atomic E-state index is -0.264. The highest BCUT2D eigenvalue weighted by Crippen LogP contribution is 2.34. The lowest BCUT2D eigenvalue weighted by atomic mass is 10.2. The average molecular weight is 340 g/mol. The third-order valence-electron chi connectivity index (χ3n) is 3.83. The van der Waals surface area contributed by atoms with E-state index in [1.165, 1.54) is 12.5 Å². The minimum absolute atomic E-state index is 0.0947. The fourth-order valence-electron chi connectivity index (χ4n) is 2.69. The van der Waals surface area contributed by atoms with Crippen LogP contribution in [0.2, 0.25) is 0 Å². The van der Waals surface area contributed by atoms with Gasteiger partial charge >= 0.3 is 0 Å². The molecule has 1 N–H and O–H groups in total. The zero-order valence-corrected chi connectivity index (χ0v) is 13.6. The molecule has 1 aliphatic heterocycles. The Morgan fingerprint density at radius 3 is 2.92 bits per heavy atom. The van der Waals surface area contributed by atoms with Crippen molar-refractivity contribution >= 4 is 23.2 Å². The summed E-state index contributed by atoms with van der Waals surface area (Å²) in [6.45, 7) is 2.97. The van der Waals surface area contributed by atoms with Crippen LogP contribution in [0.15, 0.2) is 40.0 Å². The Labute approximate surface area is 143 Å². The first-order chi connectivity index (χ1) is 12.2. The molecule has 4 rings (SSSR count). The van der Waals surface area contributed by atoms with Crippen molar-refractivity contribution < 1.29 is 18.7 Å². The molecule has 0 unspecified atom stereocenters. The molecule has 2 aromatic heterocycles. The number of hydrazone groups is 1. The van der Waals surface area contributed by atoms with Gasteiger partial charge < -0.3 is 18.5 Å². The van der Waals surface area contributed by atoms with Crippen LogP contribution in [-0.4, -0.2) is 34.9 Å². The minimum Gasteiger partial charge on any atom is -0.486 e. The zero-order chi connectivity index (χ0) is 17.2. The molecule has 25 heavy (non-hydrogen) atoms. The van der Waals surface area contributed by atoms with Crippen LogP contribution in [0.5, 0.6) is 11.5 Å². The maximum atomic E-state index is 12.2. The molecule has 0 radical (unpaired) electrons. The smallest absolute Gasteiger partial charge is 0.260 e. The van der Waals surface area contributed by atoms with Gasteiger partial charge in [0.1, 0.15) is 31.3 Å². The Kier molecular flexibility index (Phi) is 3.85. The van der Waals surface area contributed by atoms with Gasteiger partial charge in [0.2, 0.25) is 0 Å². The molecule has 0 atom stereocenters. The lowest BCUT2D eigenvalue weighted by Gasteiger charge is -2.18. The molecule has 3 heterocycles. The van der Waals surface area contributed by atoms with Gasteiger partial charge in [-0.05, 0) is 19.1 Å². The number of imidazole rings is 1. The van der Waals surface area contributed by atoms with E-state index in [2.05, 4.69) is 15.5 Å². The van der Waals surface area contributed by atoms with Crippen molar-refractivity contribution in [3.8, 4) is 11.5 Å². The number of benzene rings is 1. The predicted octanol–water partition coefficient (Wildman–Crippen LogP) is 1.86. The molecule has 0 fully saturated rings. The first kappa shape index (κ1) is 15.3. The second-order valence-corrected chi connectivity index (χ2v) is 5.54. The van der Waals surface area contributed by atoms with Crippen molar-refractivity contribution in [2.45, 2.75) is 13.5 Å². The van der Waals surface area contributed by atoms with Gasteiger partial charge in [0.05, 0.1) is 23.5 Å². The molecule has 0 spiro atoms. The van der Waals surface area contributed by atoms with Crippen molar-refractivity contribution in [2.24, 2.45) is 5.10 Å². The molecule has 0 bridgehead atoms. The number of hydrogen-bond donors (Lipinski definition) is 1. The van der Waals surface area contributed by atoms with Crippen LogP contribution < -0.4 is 14.9 Å². The van der Waals surface area contributed by atoms with E-state index in [1.54, 1.807) is 12.1 Å². The van der Waals surface area contributed by atoms with Crippen LogP contribution in [-0.2, 0) is 11.3 Å². The van der Waals surface area contributed by atoms with Crippen LogP contribution >= 0.6 is 0 Å². The first-order valence-corrected chi connectivity index (χ1v) is 7.82. The van der Waals surface area contributed by atoms with E-state index < -0.39 is 0 Å². The van der Waals surface area contributed by atoms with Gasteiger partial charge in [-0.15, -0.1) is 0 Å². The largest absolute Gasteiger partial charge is 0.486 e. The second kappa shape index (κ2) is 6.31. The van der Waals surface area contributed by atoms with Crippen LogP contribution in [0.1, 0.15) is 11.6 Å². The third-order valence-corrected chi connectivity index (χ3v) is 3.83. The van der Waals surface area contributed by atoms with Gasteiger partial charge in [-0.1, -0.05) is 0 Å². The topological polar surface area (TPSA) is 90.9 Å². The van der Waals surface area contributed by atoms with Gasteiger partial charge in [0.25, 0.3) is 5.91 Å². The monoisotopic (exact) mass is 340 g/mol. The Bertz CT molecular complexity index is 943. The Morgan fingerprint density at radius 2 is 2.16 bits per heavy atom. The Morgan fingerprint density at radius 1 is 1.36 bits per heavy atom. The average Bonchev–Trinajstić information content (AvgIpc) is 3.22. The van der Waals surface area contributed by atoms with Crippen LogP contribution in [0.4, 0.5) is 0 Å². The van der Waals surface area contributed by atoms with Crippen molar-refractivity contribution in [1.82, 2.24) is 15.0 Å². The number of amides is 1. The molecule has 3 aromatic rings. The quantitative estimate of drug-likeness (QED) is 0.578. The summed E-state index contributed by atoms with van der Waals surface area (Å²) in [5.41, 5.74) is 4.05. The van der Waals surface area contributed by atoms with Crippen LogP contribution in [0.25, 0.3) is 11.0 Å². The molecule has 1 amide bonds. The normalized spacial score (nSPS) is 13.5. The number of aryl methyl sites for hydroxylation is 1. The van der Waals surface area contributed by atoms with Gasteiger partial charge in [-0.3, -0.25) is 4.79 Å². The van der Waals surface area contributed by atoms with E-state index in [1.807, 2.05) is 23.6 Å².